The molecule has 13 nitrogen and oxygen atoms in total. The van der Waals surface area contributed by atoms with Gasteiger partial charge in [0.15, 0.2) is 5.65 Å². The Morgan fingerprint density at radius 1 is 0.870 bits per heavy atom. The fourth-order valence-electron chi connectivity index (χ4n) is 8.16. The van der Waals surface area contributed by atoms with Gasteiger partial charge < -0.3 is 19.7 Å². The predicted octanol–water partition coefficient (Wildman–Crippen LogP) is 5.22. The van der Waals surface area contributed by atoms with E-state index < -0.39 is 6.04 Å². The van der Waals surface area contributed by atoms with Gasteiger partial charge in [0.05, 0.1) is 35.5 Å². The molecule has 0 saturated carbocycles. The van der Waals surface area contributed by atoms with Crippen molar-refractivity contribution in [1.82, 2.24) is 39.3 Å². The molecular weight excluding hydrogens is 686 g/mol. The topological polar surface area (TPSA) is 129 Å². The lowest BCUT2D eigenvalue weighted by Gasteiger charge is -2.35. The minimum Gasteiger partial charge on any atom is -0.383 e. The van der Waals surface area contributed by atoms with Gasteiger partial charge in [-0.1, -0.05) is 24.3 Å². The number of amides is 2. The smallest absolute Gasteiger partial charge is 0.249 e. The van der Waals surface area contributed by atoms with E-state index in [0.29, 0.717) is 12.8 Å². The molecule has 7 heterocycles. The number of carbonyl (C=O) groups excluding carboxylic acids is 2. The highest BCUT2D eigenvalue weighted by molar-refractivity contribution is 6.00. The van der Waals surface area contributed by atoms with Gasteiger partial charge in [0.1, 0.15) is 34.7 Å². The van der Waals surface area contributed by atoms with E-state index in [9.17, 15) is 14.0 Å². The lowest BCUT2D eigenvalue weighted by molar-refractivity contribution is -0.135. The predicted molar refractivity (Wildman–Crippen MR) is 205 cm³/mol. The molecule has 6 aromatic rings. The summed E-state index contributed by atoms with van der Waals surface area (Å²) in [5.74, 6) is 1.07. The number of imide groups is 1. The molecule has 2 atom stereocenters. The zero-order valence-corrected chi connectivity index (χ0v) is 29.9. The SMILES string of the molecule is O=C1CCC(n2cnc3c(NCCCN4CCN(c5cccc(-c6cnc7ccc(N8CCC[C@@H]8c8cccc(F)c8)nn67)n5)CC4)cccc32)C(=O)N1. The van der Waals surface area contributed by atoms with Crippen LogP contribution in [0.25, 0.3) is 28.1 Å². The molecule has 3 aliphatic rings. The van der Waals surface area contributed by atoms with Gasteiger partial charge in [0.25, 0.3) is 0 Å². The zero-order chi connectivity index (χ0) is 36.6. The maximum Gasteiger partial charge on any atom is 0.249 e. The molecule has 14 heteroatoms. The second kappa shape index (κ2) is 14.5. The van der Waals surface area contributed by atoms with E-state index >= 15 is 0 Å². The van der Waals surface area contributed by atoms with E-state index in [2.05, 4.69) is 41.4 Å². The van der Waals surface area contributed by atoms with E-state index in [1.54, 1.807) is 18.5 Å². The third-order valence-electron chi connectivity index (χ3n) is 10.9. The van der Waals surface area contributed by atoms with E-state index in [4.69, 9.17) is 10.1 Å². The molecule has 0 aliphatic carbocycles. The van der Waals surface area contributed by atoms with E-state index in [-0.39, 0.29) is 23.7 Å². The number of hydrogen-bond donors (Lipinski definition) is 2. The van der Waals surface area contributed by atoms with Gasteiger partial charge in [0, 0.05) is 45.7 Å². The van der Waals surface area contributed by atoms with Crippen LogP contribution < -0.4 is 20.4 Å². The molecule has 2 aromatic carbocycles. The second-order valence-corrected chi connectivity index (χ2v) is 14.3. The average Bonchev–Trinajstić information content (AvgIpc) is 3.96. The fraction of sp³-hybridized carbons (Fsp3) is 0.350. The van der Waals surface area contributed by atoms with E-state index in [0.717, 1.165) is 116 Å². The number of carbonyl (C=O) groups is 2. The number of anilines is 3. The highest BCUT2D eigenvalue weighted by Crippen LogP contribution is 2.36. The summed E-state index contributed by atoms with van der Waals surface area (Å²) in [6.45, 7) is 6.28. The Kier molecular flexibility index (Phi) is 9.11. The molecule has 9 rings (SSSR count). The van der Waals surface area contributed by atoms with Crippen LogP contribution in [0.1, 0.15) is 49.8 Å². The van der Waals surface area contributed by atoms with Crippen molar-refractivity contribution in [3.63, 3.8) is 0 Å². The van der Waals surface area contributed by atoms with Crippen LogP contribution in [0.2, 0.25) is 0 Å². The summed E-state index contributed by atoms with van der Waals surface area (Å²) in [5, 5.41) is 11.0. The molecule has 0 bridgehead atoms. The molecular formula is C40H42FN11O2. The third-order valence-corrected chi connectivity index (χ3v) is 10.9. The van der Waals surface area contributed by atoms with Crippen molar-refractivity contribution in [2.75, 3.05) is 60.9 Å². The molecule has 276 valence electrons. The highest BCUT2D eigenvalue weighted by atomic mass is 19.1. The normalized spacial score (nSPS) is 19.6. The van der Waals surface area contributed by atoms with Crippen molar-refractivity contribution in [2.45, 2.75) is 44.2 Å². The van der Waals surface area contributed by atoms with Gasteiger partial charge >= 0.3 is 0 Å². The standard InChI is InChI=1S/C40H42FN11O2/c41-28-7-1-6-27(24-28)31-11-4-19-50(31)37-15-14-35-43-25-34(52(35)47-37)29-8-3-12-36(45-29)49-22-20-48(21-23-49)18-5-17-42-30-9-2-10-32-39(30)44-26-51(32)33-13-16-38(53)46-40(33)54/h1-3,6-10,12,14-15,24-26,31,33,42H,4-5,11,13,16-23H2,(H,46,53,54)/t31-,33?/m1/s1. The lowest BCUT2D eigenvalue weighted by Crippen LogP contribution is -2.47. The minimum atomic E-state index is -0.432. The Morgan fingerprint density at radius 2 is 1.74 bits per heavy atom. The number of benzene rings is 2. The number of imidazole rings is 2. The Hall–Kier alpha value is -5.89. The number of aromatic nitrogens is 6. The molecule has 2 N–H and O–H groups in total. The molecule has 3 aliphatic heterocycles. The Bertz CT molecular complexity index is 2330. The second-order valence-electron chi connectivity index (χ2n) is 14.3. The van der Waals surface area contributed by atoms with Gasteiger partial charge in [-0.25, -0.2) is 23.9 Å². The summed E-state index contributed by atoms with van der Waals surface area (Å²) < 4.78 is 17.8. The lowest BCUT2D eigenvalue weighted by atomic mass is 10.0. The summed E-state index contributed by atoms with van der Waals surface area (Å²) in [7, 11) is 0. The number of pyridine rings is 1. The molecule has 2 amide bonds. The van der Waals surface area contributed by atoms with Crippen molar-refractivity contribution in [3.8, 4) is 11.4 Å². The first-order chi connectivity index (χ1) is 26.5. The highest BCUT2D eigenvalue weighted by Gasteiger charge is 2.30. The Morgan fingerprint density at radius 3 is 2.61 bits per heavy atom. The minimum absolute atomic E-state index is 0.0771. The van der Waals surface area contributed by atoms with Gasteiger partial charge in [-0.3, -0.25) is 19.8 Å². The van der Waals surface area contributed by atoms with Crippen molar-refractivity contribution in [3.05, 3.63) is 96.7 Å². The number of fused-ring (bicyclic) bond motifs is 2. The number of nitrogens with zero attached hydrogens (tertiary/aromatic N) is 9. The van der Waals surface area contributed by atoms with Gasteiger partial charge in [-0.15, -0.1) is 5.10 Å². The number of hydrogen-bond acceptors (Lipinski definition) is 10. The van der Waals surface area contributed by atoms with Crippen molar-refractivity contribution in [1.29, 1.82) is 0 Å². The first-order valence-corrected chi connectivity index (χ1v) is 18.8. The van der Waals surface area contributed by atoms with Gasteiger partial charge in [-0.2, -0.15) is 0 Å². The number of halogens is 1. The largest absolute Gasteiger partial charge is 0.383 e. The van der Waals surface area contributed by atoms with Crippen LogP contribution in [0.4, 0.5) is 21.7 Å². The van der Waals surface area contributed by atoms with Gasteiger partial charge in [-0.05, 0) is 86.3 Å². The first-order valence-electron chi connectivity index (χ1n) is 18.8. The van der Waals surface area contributed by atoms with Crippen LogP contribution in [0.3, 0.4) is 0 Å². The van der Waals surface area contributed by atoms with Crippen molar-refractivity contribution < 1.29 is 14.0 Å². The summed E-state index contributed by atoms with van der Waals surface area (Å²) in [6, 6.07) is 22.6. The van der Waals surface area contributed by atoms with E-state index in [1.807, 2.05) is 63.8 Å². The third kappa shape index (κ3) is 6.61. The van der Waals surface area contributed by atoms with Crippen molar-refractivity contribution >= 4 is 45.8 Å². The van der Waals surface area contributed by atoms with E-state index in [1.165, 1.54) is 6.07 Å². The number of piperazine rings is 1. The van der Waals surface area contributed by atoms with Crippen molar-refractivity contribution in [2.24, 2.45) is 0 Å². The van der Waals surface area contributed by atoms with Gasteiger partial charge in [0.2, 0.25) is 11.8 Å². The summed E-state index contributed by atoms with van der Waals surface area (Å²) in [4.78, 5) is 45.5. The Labute approximate surface area is 311 Å². The monoisotopic (exact) mass is 727 g/mol. The zero-order valence-electron chi connectivity index (χ0n) is 29.9. The molecule has 3 fully saturated rings. The molecule has 0 spiro atoms. The molecule has 4 aromatic heterocycles. The fourth-order valence-corrected chi connectivity index (χ4v) is 8.16. The molecule has 54 heavy (non-hydrogen) atoms. The summed E-state index contributed by atoms with van der Waals surface area (Å²) in [5.41, 5.74) is 6.02. The number of piperidine rings is 1. The number of para-hydroxylation sites is 1. The van der Waals surface area contributed by atoms with Crippen LogP contribution in [0, 0.1) is 5.82 Å². The van der Waals surface area contributed by atoms with Crippen LogP contribution >= 0.6 is 0 Å². The van der Waals surface area contributed by atoms with Crippen LogP contribution in [0.5, 0.6) is 0 Å². The molecule has 3 saturated heterocycles. The van der Waals surface area contributed by atoms with Crippen LogP contribution in [-0.4, -0.2) is 91.7 Å². The first kappa shape index (κ1) is 33.9. The number of rotatable bonds is 10. The van der Waals surface area contributed by atoms with Crippen LogP contribution in [0.15, 0.2) is 85.3 Å². The van der Waals surface area contributed by atoms with Crippen LogP contribution in [-0.2, 0) is 9.59 Å². The summed E-state index contributed by atoms with van der Waals surface area (Å²) in [6.07, 6.45) is 7.28. The quantitative estimate of drug-likeness (QED) is 0.143. The maximum absolute atomic E-state index is 14.1. The Balaban J connectivity index is 0.809. The molecule has 1 unspecified atom stereocenters. The number of nitrogens with one attached hydrogen (secondary N) is 2. The summed E-state index contributed by atoms with van der Waals surface area (Å²) >= 11 is 0. The maximum atomic E-state index is 14.1. The molecule has 0 radical (unpaired) electrons. The average molecular weight is 728 g/mol.